The van der Waals surface area contributed by atoms with Crippen molar-refractivity contribution in [3.05, 3.63) is 10.4 Å². The Labute approximate surface area is 178 Å². The summed E-state index contributed by atoms with van der Waals surface area (Å²) in [5.41, 5.74) is 7.20. The molecule has 0 spiro atoms. The summed E-state index contributed by atoms with van der Waals surface area (Å²) in [4.78, 5) is 12.7. The van der Waals surface area contributed by atoms with Gasteiger partial charge in [0, 0.05) is 22.5 Å². The van der Waals surface area contributed by atoms with Gasteiger partial charge in [0.1, 0.15) is 15.2 Å². The van der Waals surface area contributed by atoms with Gasteiger partial charge in [-0.25, -0.2) is 14.3 Å². The van der Waals surface area contributed by atoms with Crippen molar-refractivity contribution in [1.82, 2.24) is 0 Å². The van der Waals surface area contributed by atoms with E-state index in [9.17, 15) is 9.00 Å². The van der Waals surface area contributed by atoms with Crippen molar-refractivity contribution in [2.45, 2.75) is 26.4 Å². The molecule has 150 valence electrons. The molecule has 0 aliphatic rings. The third-order valence-electron chi connectivity index (χ3n) is 0.733. The average Bonchev–Trinajstić information content (AvgIpc) is 1.99. The van der Waals surface area contributed by atoms with Gasteiger partial charge in [-0.05, 0) is 26.3 Å². The first-order valence-electron chi connectivity index (χ1n) is 4.25. The summed E-state index contributed by atoms with van der Waals surface area (Å²) in [5, 5.41) is 10.4. The molecule has 2 N–H and O–H groups in total. The molecule has 0 rings (SSSR count). The van der Waals surface area contributed by atoms with E-state index < -0.39 is 21.3 Å². The molecule has 16 heteroatoms. The lowest BCUT2D eigenvalue weighted by Crippen LogP contribution is -2.29. The van der Waals surface area contributed by atoms with E-state index in [0.29, 0.717) is 0 Å². The Kier molecular flexibility index (Phi) is 41.5. The predicted molar refractivity (Wildman–Crippen MR) is 124 cm³/mol. The number of hydrogen-bond donors (Lipinski definition) is 2. The quantitative estimate of drug-likeness (QED) is 0.196. The molecular formula is C7H29N3O6S7. The molecule has 0 unspecified atom stereocenters. The Morgan fingerprint density at radius 1 is 1.09 bits per heavy atom. The minimum absolute atomic E-state index is 0. The molecule has 0 aromatic rings. The number of hydrogen-bond acceptors (Lipinski definition) is 5. The van der Waals surface area contributed by atoms with Gasteiger partial charge in [0.05, 0.1) is 0 Å². The van der Waals surface area contributed by atoms with Gasteiger partial charge >= 0.3 is 6.09 Å². The van der Waals surface area contributed by atoms with Crippen LogP contribution >= 0.6 is 81.0 Å². The summed E-state index contributed by atoms with van der Waals surface area (Å²) >= 11 is 0. The SMILES string of the molecule is CC(C)(C)OC(=O)N=[N+]=[N-].CS(C)(=O)(O)OO.S.S.S.S.S.S. The standard InChI is InChI=1S/C5H9N3O2.C2H8O4S.6H2S/c1-5(2,3)10-4(9)7-8-6;1-7(2,4,5)6-3;;;;;;/h1-3H3;3H,1-2H3,(H,4,5);6*1H2. The smallest absolute Gasteiger partial charge is 0.397 e. The van der Waals surface area contributed by atoms with E-state index in [1.54, 1.807) is 20.8 Å². The van der Waals surface area contributed by atoms with Gasteiger partial charge in [-0.15, -0.1) is 4.33 Å². The van der Waals surface area contributed by atoms with E-state index in [2.05, 4.69) is 19.1 Å². The van der Waals surface area contributed by atoms with Gasteiger partial charge in [0.15, 0.2) is 0 Å². The van der Waals surface area contributed by atoms with Crippen LogP contribution in [0.5, 0.6) is 0 Å². The van der Waals surface area contributed by atoms with Gasteiger partial charge < -0.3 is 9.29 Å². The first-order valence-corrected chi connectivity index (χ1v) is 6.92. The number of rotatable bonds is 1. The van der Waals surface area contributed by atoms with Crippen LogP contribution in [-0.4, -0.2) is 38.2 Å². The normalized spacial score (nSPS) is 9.78. The molecule has 0 atom stereocenters. The number of azide groups is 1. The minimum Gasteiger partial charge on any atom is -0.455 e. The van der Waals surface area contributed by atoms with Gasteiger partial charge in [-0.1, -0.05) is 0 Å². The van der Waals surface area contributed by atoms with Crippen LogP contribution in [0.4, 0.5) is 4.79 Å². The first-order chi connectivity index (χ1) is 7.27. The molecule has 9 nitrogen and oxygen atoms in total. The van der Waals surface area contributed by atoms with Crippen LogP contribution < -0.4 is 0 Å². The van der Waals surface area contributed by atoms with Crippen LogP contribution in [0.15, 0.2) is 5.11 Å². The lowest BCUT2D eigenvalue weighted by atomic mass is 10.2. The van der Waals surface area contributed by atoms with Crippen LogP contribution in [0, 0.1) is 0 Å². The Hall–Kier alpha value is 0.910. The maximum Gasteiger partial charge on any atom is 0.397 e. The van der Waals surface area contributed by atoms with E-state index in [1.807, 2.05) is 0 Å². The molecule has 0 aromatic carbocycles. The zero-order valence-corrected chi connectivity index (χ0v) is 20.1. The second kappa shape index (κ2) is 19.2. The van der Waals surface area contributed by atoms with Crippen LogP contribution in [0.25, 0.3) is 10.4 Å². The van der Waals surface area contributed by atoms with Gasteiger partial charge in [0.2, 0.25) is 0 Å². The molecule has 0 saturated heterocycles. The molecule has 0 aromatic heterocycles. The summed E-state index contributed by atoms with van der Waals surface area (Å²) in [5.74, 6) is 0. The van der Waals surface area contributed by atoms with Crippen LogP contribution in [0.2, 0.25) is 0 Å². The summed E-state index contributed by atoms with van der Waals surface area (Å²) in [6.07, 6.45) is 0.906. The van der Waals surface area contributed by atoms with Crippen LogP contribution in [0.3, 0.4) is 0 Å². The molecule has 0 fully saturated rings. The Balaban J connectivity index is -0.0000000267. The zero-order valence-electron chi connectivity index (χ0n) is 13.3. The van der Waals surface area contributed by atoms with Crippen molar-refractivity contribution in [2.24, 2.45) is 5.11 Å². The molecule has 0 saturated carbocycles. The second-order valence-electron chi connectivity index (χ2n) is 4.40. The largest absolute Gasteiger partial charge is 0.455 e. The lowest BCUT2D eigenvalue weighted by Gasteiger charge is -2.20. The Morgan fingerprint density at radius 2 is 1.35 bits per heavy atom. The average molecular weight is 476 g/mol. The molecule has 0 bridgehead atoms. The van der Waals surface area contributed by atoms with E-state index in [-0.39, 0.29) is 81.0 Å². The molecular weight excluding hydrogens is 447 g/mol. The van der Waals surface area contributed by atoms with Gasteiger partial charge in [0.25, 0.3) is 0 Å². The topological polar surface area (TPSA) is 142 Å². The zero-order chi connectivity index (χ0) is 14.4. The Morgan fingerprint density at radius 3 is 1.48 bits per heavy atom. The lowest BCUT2D eigenvalue weighted by molar-refractivity contribution is -0.141. The summed E-state index contributed by atoms with van der Waals surface area (Å²) in [6, 6.07) is 0. The number of carbonyl (C=O) groups excluding carboxylic acids is 1. The van der Waals surface area contributed by atoms with Crippen molar-refractivity contribution in [3.63, 3.8) is 0 Å². The van der Waals surface area contributed by atoms with Crippen molar-refractivity contribution < 1.29 is 27.9 Å². The van der Waals surface area contributed by atoms with Crippen molar-refractivity contribution >= 4 is 96.7 Å². The van der Waals surface area contributed by atoms with E-state index in [4.69, 9.17) is 15.3 Å². The van der Waals surface area contributed by atoms with Gasteiger partial charge in [-0.3, -0.25) is 0 Å². The highest BCUT2D eigenvalue weighted by atomic mass is 32.3. The fraction of sp³-hybridized carbons (Fsp3) is 0.857. The Bertz CT molecular complexity index is 379. The van der Waals surface area contributed by atoms with Crippen molar-refractivity contribution in [2.75, 3.05) is 12.5 Å². The van der Waals surface area contributed by atoms with E-state index in [0.717, 1.165) is 12.5 Å². The summed E-state index contributed by atoms with van der Waals surface area (Å²) in [7, 11) is -4.06. The minimum atomic E-state index is -4.06. The van der Waals surface area contributed by atoms with E-state index >= 15 is 0 Å². The molecule has 0 aliphatic heterocycles. The monoisotopic (exact) mass is 475 g/mol. The van der Waals surface area contributed by atoms with E-state index in [1.165, 1.54) is 0 Å². The molecule has 0 heterocycles. The highest BCUT2D eigenvalue weighted by Crippen LogP contribution is 2.09. The molecule has 0 aliphatic carbocycles. The number of nitrogens with zero attached hydrogens (tertiary/aromatic N) is 3. The number of carbonyl (C=O) groups is 1. The summed E-state index contributed by atoms with van der Waals surface area (Å²) < 4.78 is 26.5. The fourth-order valence-corrected chi connectivity index (χ4v) is 0.319. The predicted octanol–water partition coefficient (Wildman–Crippen LogP) is 2.85. The van der Waals surface area contributed by atoms with Crippen molar-refractivity contribution in [1.29, 1.82) is 0 Å². The van der Waals surface area contributed by atoms with Crippen LogP contribution in [-0.2, 0) is 18.7 Å². The van der Waals surface area contributed by atoms with Crippen LogP contribution in [0.1, 0.15) is 20.8 Å². The second-order valence-corrected chi connectivity index (χ2v) is 7.86. The number of ether oxygens (including phenoxy) is 1. The van der Waals surface area contributed by atoms with Crippen molar-refractivity contribution in [3.8, 4) is 0 Å². The highest BCUT2D eigenvalue weighted by molar-refractivity contribution is 8.09. The molecule has 23 heavy (non-hydrogen) atoms. The third kappa shape index (κ3) is 60.1. The fourth-order valence-electron chi connectivity index (χ4n) is 0.319. The first kappa shape index (κ1) is 49.6. The maximum atomic E-state index is 10.4. The van der Waals surface area contributed by atoms with Gasteiger partial charge in [-0.2, -0.15) is 81.0 Å². The number of amides is 1. The third-order valence-corrected chi connectivity index (χ3v) is 1.16. The highest BCUT2D eigenvalue weighted by Gasteiger charge is 2.18. The molecule has 0 radical (unpaired) electrons. The summed E-state index contributed by atoms with van der Waals surface area (Å²) in [6.45, 7) is 5.08. The maximum absolute atomic E-state index is 10.4. The molecule has 1 amide bonds.